The number of benzene rings is 1. The van der Waals surface area contributed by atoms with Crippen molar-refractivity contribution >= 4 is 11.8 Å². The van der Waals surface area contributed by atoms with Crippen LogP contribution >= 0.6 is 0 Å². The lowest BCUT2D eigenvalue weighted by atomic mass is 9.92. The number of aromatic nitrogens is 3. The standard InChI is InChI=1S/C26H31N5O2/c1-17(2)11-25(32)30-16-22-8-6-5-7-21(22)13-23(30)26(33)28-15-20-9-10-24(27-14-20)31-19(4)12-18(3)29-31/h5-10,12,14,17,23H,11,13,15-16H2,1-4H3,(H,28,33). The molecule has 1 N–H and O–H groups in total. The topological polar surface area (TPSA) is 80.1 Å². The van der Waals surface area contributed by atoms with Gasteiger partial charge in [0.15, 0.2) is 5.82 Å². The summed E-state index contributed by atoms with van der Waals surface area (Å²) in [5.41, 5.74) is 5.09. The highest BCUT2D eigenvalue weighted by Crippen LogP contribution is 2.25. The van der Waals surface area contributed by atoms with Crippen molar-refractivity contribution in [3.63, 3.8) is 0 Å². The van der Waals surface area contributed by atoms with E-state index in [1.807, 2.05) is 70.2 Å². The number of fused-ring (bicyclic) bond motifs is 1. The molecule has 0 radical (unpaired) electrons. The normalized spacial score (nSPS) is 15.4. The second-order valence-corrected chi connectivity index (χ2v) is 9.19. The van der Waals surface area contributed by atoms with Crippen molar-refractivity contribution in [1.29, 1.82) is 0 Å². The van der Waals surface area contributed by atoms with Crippen LogP contribution in [0.4, 0.5) is 0 Å². The van der Waals surface area contributed by atoms with Gasteiger partial charge in [-0.1, -0.05) is 44.2 Å². The molecule has 1 aromatic carbocycles. The van der Waals surface area contributed by atoms with Crippen molar-refractivity contribution in [3.05, 3.63) is 76.7 Å². The summed E-state index contributed by atoms with van der Waals surface area (Å²) in [7, 11) is 0. The highest BCUT2D eigenvalue weighted by Gasteiger charge is 2.34. The predicted octanol–water partition coefficient (Wildman–Crippen LogP) is 3.50. The van der Waals surface area contributed by atoms with Gasteiger partial charge in [-0.15, -0.1) is 0 Å². The van der Waals surface area contributed by atoms with Gasteiger partial charge in [0, 0.05) is 37.8 Å². The Balaban J connectivity index is 1.45. The fraction of sp³-hybridized carbons (Fsp3) is 0.385. The van der Waals surface area contributed by atoms with Crippen molar-refractivity contribution in [2.75, 3.05) is 0 Å². The van der Waals surface area contributed by atoms with E-state index in [4.69, 9.17) is 0 Å². The van der Waals surface area contributed by atoms with Gasteiger partial charge in [0.25, 0.3) is 0 Å². The smallest absolute Gasteiger partial charge is 0.243 e. The quantitative estimate of drug-likeness (QED) is 0.630. The second kappa shape index (κ2) is 9.57. The summed E-state index contributed by atoms with van der Waals surface area (Å²) < 4.78 is 1.80. The second-order valence-electron chi connectivity index (χ2n) is 9.19. The van der Waals surface area contributed by atoms with E-state index in [1.54, 1.807) is 15.8 Å². The number of aryl methyl sites for hydroxylation is 2. The van der Waals surface area contributed by atoms with Crippen LogP contribution in [0.1, 0.15) is 48.3 Å². The van der Waals surface area contributed by atoms with Gasteiger partial charge in [0.1, 0.15) is 6.04 Å². The summed E-state index contributed by atoms with van der Waals surface area (Å²) in [4.78, 5) is 32.4. The Morgan fingerprint density at radius 2 is 1.88 bits per heavy atom. The van der Waals surface area contributed by atoms with Crippen LogP contribution in [0.15, 0.2) is 48.7 Å². The average Bonchev–Trinajstić information content (AvgIpc) is 3.14. The van der Waals surface area contributed by atoms with Gasteiger partial charge in [0.2, 0.25) is 11.8 Å². The zero-order valence-corrected chi connectivity index (χ0v) is 19.7. The van der Waals surface area contributed by atoms with E-state index in [-0.39, 0.29) is 17.7 Å². The molecule has 0 saturated heterocycles. The maximum atomic E-state index is 13.2. The summed E-state index contributed by atoms with van der Waals surface area (Å²) >= 11 is 0. The van der Waals surface area contributed by atoms with Gasteiger partial charge in [-0.25, -0.2) is 9.67 Å². The molecule has 7 nitrogen and oxygen atoms in total. The maximum absolute atomic E-state index is 13.2. The third-order valence-electron chi connectivity index (χ3n) is 5.96. The Bertz CT molecular complexity index is 1150. The Hall–Kier alpha value is -3.48. The largest absolute Gasteiger partial charge is 0.350 e. The van der Waals surface area contributed by atoms with E-state index in [0.29, 0.717) is 25.9 Å². The Morgan fingerprint density at radius 1 is 1.12 bits per heavy atom. The number of nitrogens with one attached hydrogen (secondary N) is 1. The van der Waals surface area contributed by atoms with Crippen LogP contribution in [0.3, 0.4) is 0 Å². The van der Waals surface area contributed by atoms with Crippen LogP contribution < -0.4 is 5.32 Å². The highest BCUT2D eigenvalue weighted by molar-refractivity contribution is 5.88. The van der Waals surface area contributed by atoms with Crippen LogP contribution in [0.2, 0.25) is 0 Å². The fourth-order valence-corrected chi connectivity index (χ4v) is 4.30. The first-order valence-electron chi connectivity index (χ1n) is 11.4. The molecule has 2 aromatic heterocycles. The molecule has 1 aliphatic rings. The molecule has 1 aliphatic heterocycles. The van der Waals surface area contributed by atoms with Crippen molar-refractivity contribution in [2.45, 2.75) is 59.7 Å². The molecule has 3 heterocycles. The fourth-order valence-electron chi connectivity index (χ4n) is 4.30. The van der Waals surface area contributed by atoms with Gasteiger partial charge in [-0.3, -0.25) is 9.59 Å². The first kappa shape index (κ1) is 22.7. The minimum absolute atomic E-state index is 0.0237. The Labute approximate surface area is 194 Å². The van der Waals surface area contributed by atoms with Crippen molar-refractivity contribution in [2.24, 2.45) is 5.92 Å². The molecule has 3 aromatic rings. The maximum Gasteiger partial charge on any atom is 0.243 e. The molecule has 1 unspecified atom stereocenters. The van der Waals surface area contributed by atoms with Crippen molar-refractivity contribution in [3.8, 4) is 5.82 Å². The van der Waals surface area contributed by atoms with E-state index in [1.165, 1.54) is 0 Å². The summed E-state index contributed by atoms with van der Waals surface area (Å²) in [5, 5.41) is 7.47. The van der Waals surface area contributed by atoms with E-state index in [0.717, 1.165) is 33.9 Å². The molecule has 0 aliphatic carbocycles. The van der Waals surface area contributed by atoms with Gasteiger partial charge in [-0.2, -0.15) is 5.10 Å². The SMILES string of the molecule is Cc1cc(C)n(-c2ccc(CNC(=O)C3Cc4ccccc4CN3C(=O)CC(C)C)cn2)n1. The average molecular weight is 446 g/mol. The van der Waals surface area contributed by atoms with Crippen LogP contribution in [0.5, 0.6) is 0 Å². The predicted molar refractivity (Wildman–Crippen MR) is 127 cm³/mol. The number of pyridine rings is 1. The van der Waals surface area contributed by atoms with Gasteiger partial charge >= 0.3 is 0 Å². The van der Waals surface area contributed by atoms with Crippen molar-refractivity contribution < 1.29 is 9.59 Å². The minimum atomic E-state index is -0.506. The third kappa shape index (κ3) is 5.13. The third-order valence-corrected chi connectivity index (χ3v) is 5.96. The Kier molecular flexibility index (Phi) is 6.58. The molecule has 33 heavy (non-hydrogen) atoms. The molecule has 0 bridgehead atoms. The summed E-state index contributed by atoms with van der Waals surface area (Å²) in [6.45, 7) is 8.81. The number of hydrogen-bond donors (Lipinski definition) is 1. The zero-order chi connectivity index (χ0) is 23.5. The molecule has 4 rings (SSSR count). The van der Waals surface area contributed by atoms with E-state index < -0.39 is 6.04 Å². The van der Waals surface area contributed by atoms with Gasteiger partial charge in [-0.05, 0) is 48.6 Å². The van der Waals surface area contributed by atoms with Crippen LogP contribution in [0, 0.1) is 19.8 Å². The lowest BCUT2D eigenvalue weighted by Gasteiger charge is -2.36. The van der Waals surface area contributed by atoms with Gasteiger partial charge < -0.3 is 10.2 Å². The molecule has 2 amide bonds. The van der Waals surface area contributed by atoms with Crippen LogP contribution in [-0.4, -0.2) is 37.5 Å². The molecule has 1 atom stereocenters. The zero-order valence-electron chi connectivity index (χ0n) is 19.7. The number of nitrogens with zero attached hydrogens (tertiary/aromatic N) is 4. The number of carbonyl (C=O) groups is 2. The molecule has 0 saturated carbocycles. The first-order chi connectivity index (χ1) is 15.8. The monoisotopic (exact) mass is 445 g/mol. The number of amides is 2. The van der Waals surface area contributed by atoms with Crippen LogP contribution in [-0.2, 0) is 29.1 Å². The van der Waals surface area contributed by atoms with E-state index in [9.17, 15) is 9.59 Å². The van der Waals surface area contributed by atoms with E-state index >= 15 is 0 Å². The molecular formula is C26H31N5O2. The first-order valence-corrected chi connectivity index (χ1v) is 11.4. The van der Waals surface area contributed by atoms with Crippen molar-refractivity contribution in [1.82, 2.24) is 25.0 Å². The van der Waals surface area contributed by atoms with Crippen LogP contribution in [0.25, 0.3) is 5.82 Å². The molecule has 7 heteroatoms. The molecular weight excluding hydrogens is 414 g/mol. The highest BCUT2D eigenvalue weighted by atomic mass is 16.2. The lowest BCUT2D eigenvalue weighted by Crippen LogP contribution is -2.52. The number of carbonyl (C=O) groups excluding carboxylic acids is 2. The summed E-state index contributed by atoms with van der Waals surface area (Å²) in [5.74, 6) is 0.870. The molecule has 0 spiro atoms. The lowest BCUT2D eigenvalue weighted by molar-refractivity contribution is -0.142. The number of rotatable bonds is 6. The summed E-state index contributed by atoms with van der Waals surface area (Å²) in [6.07, 6.45) is 2.72. The summed E-state index contributed by atoms with van der Waals surface area (Å²) in [6, 6.07) is 13.4. The molecule has 172 valence electrons. The molecule has 0 fully saturated rings. The minimum Gasteiger partial charge on any atom is -0.350 e. The van der Waals surface area contributed by atoms with Gasteiger partial charge in [0.05, 0.1) is 5.69 Å². The Morgan fingerprint density at radius 3 is 2.52 bits per heavy atom. The number of hydrogen-bond acceptors (Lipinski definition) is 4. The van der Waals surface area contributed by atoms with E-state index in [2.05, 4.69) is 15.4 Å².